The molecule has 0 saturated carbocycles. The van der Waals surface area contributed by atoms with Crippen molar-refractivity contribution < 1.29 is 8.42 Å². The molecule has 0 amide bonds. The standard InChI is InChI=1S/C13H17N5O2S.ClH/c1-18-13(8-15-17-18)21(19,20)16-12-4-2-3-9-7-10(14)5-6-11(9)12;/h5-8,12,16H,2-4,14H2,1H3;1H. The highest BCUT2D eigenvalue weighted by Gasteiger charge is 2.27. The van der Waals surface area contributed by atoms with Crippen LogP contribution in [0.4, 0.5) is 5.69 Å². The molecule has 0 bridgehead atoms. The number of fused-ring (bicyclic) bond motifs is 1. The average molecular weight is 344 g/mol. The Hall–Kier alpha value is -1.64. The molecule has 2 aromatic rings. The number of nitrogens with two attached hydrogens (primary N) is 1. The zero-order chi connectivity index (χ0) is 15.0. The summed E-state index contributed by atoms with van der Waals surface area (Å²) in [6.07, 6.45) is 3.86. The molecule has 0 fully saturated rings. The van der Waals surface area contributed by atoms with Crippen LogP contribution in [0.25, 0.3) is 0 Å². The number of hydrogen-bond acceptors (Lipinski definition) is 5. The Balaban J connectivity index is 0.00000176. The molecule has 1 aliphatic carbocycles. The van der Waals surface area contributed by atoms with Crippen molar-refractivity contribution in [2.24, 2.45) is 7.05 Å². The molecule has 1 aliphatic rings. The highest BCUT2D eigenvalue weighted by atomic mass is 35.5. The number of rotatable bonds is 3. The lowest BCUT2D eigenvalue weighted by atomic mass is 9.88. The lowest BCUT2D eigenvalue weighted by Gasteiger charge is -2.26. The summed E-state index contributed by atoms with van der Waals surface area (Å²) < 4.78 is 28.8. The van der Waals surface area contributed by atoms with E-state index in [-0.39, 0.29) is 23.5 Å². The van der Waals surface area contributed by atoms with Crippen LogP contribution in [0.3, 0.4) is 0 Å². The smallest absolute Gasteiger partial charge is 0.259 e. The van der Waals surface area contributed by atoms with Gasteiger partial charge in [-0.15, -0.1) is 17.5 Å². The van der Waals surface area contributed by atoms with Crippen molar-refractivity contribution in [3.63, 3.8) is 0 Å². The van der Waals surface area contributed by atoms with Gasteiger partial charge < -0.3 is 5.73 Å². The van der Waals surface area contributed by atoms with E-state index in [0.717, 1.165) is 30.4 Å². The van der Waals surface area contributed by atoms with E-state index in [1.54, 1.807) is 13.1 Å². The molecule has 120 valence electrons. The molecule has 0 radical (unpaired) electrons. The van der Waals surface area contributed by atoms with Crippen LogP contribution in [0.15, 0.2) is 29.4 Å². The van der Waals surface area contributed by atoms with Gasteiger partial charge in [0.1, 0.15) is 0 Å². The van der Waals surface area contributed by atoms with Crippen LogP contribution >= 0.6 is 12.4 Å². The number of anilines is 1. The maximum Gasteiger partial charge on any atom is 0.259 e. The average Bonchev–Trinajstić information content (AvgIpc) is 2.85. The Labute approximate surface area is 135 Å². The monoisotopic (exact) mass is 343 g/mol. The molecule has 0 aliphatic heterocycles. The summed E-state index contributed by atoms with van der Waals surface area (Å²) in [4.78, 5) is 0. The fourth-order valence-corrected chi connectivity index (χ4v) is 4.04. The molecule has 7 nitrogen and oxygen atoms in total. The highest BCUT2D eigenvalue weighted by Crippen LogP contribution is 2.32. The van der Waals surface area contributed by atoms with Crippen LogP contribution in [0, 0.1) is 0 Å². The predicted octanol–water partition coefficient (Wildman–Crippen LogP) is 1.17. The second-order valence-corrected chi connectivity index (χ2v) is 6.88. The van der Waals surface area contributed by atoms with Gasteiger partial charge in [0.2, 0.25) is 0 Å². The molecule has 1 aromatic carbocycles. The first-order chi connectivity index (χ1) is 9.97. The molecule has 22 heavy (non-hydrogen) atoms. The Morgan fingerprint density at radius 1 is 1.41 bits per heavy atom. The lowest BCUT2D eigenvalue weighted by Crippen LogP contribution is -2.32. The Bertz CT molecular complexity index is 774. The first kappa shape index (κ1) is 16.7. The number of halogens is 1. The molecule has 9 heteroatoms. The highest BCUT2D eigenvalue weighted by molar-refractivity contribution is 7.89. The van der Waals surface area contributed by atoms with Crippen LogP contribution in [0.2, 0.25) is 0 Å². The van der Waals surface area contributed by atoms with Crippen molar-refractivity contribution in [1.29, 1.82) is 0 Å². The predicted molar refractivity (Wildman–Crippen MR) is 85.1 cm³/mol. The van der Waals surface area contributed by atoms with Gasteiger partial charge in [-0.05, 0) is 42.5 Å². The molecule has 1 aromatic heterocycles. The molecule has 0 saturated heterocycles. The van der Waals surface area contributed by atoms with Crippen LogP contribution in [-0.2, 0) is 23.5 Å². The van der Waals surface area contributed by atoms with Gasteiger partial charge in [-0.25, -0.2) is 17.8 Å². The molecular weight excluding hydrogens is 326 g/mol. The summed E-state index contributed by atoms with van der Waals surface area (Å²) in [5.74, 6) is 0. The third-order valence-corrected chi connectivity index (χ3v) is 5.24. The van der Waals surface area contributed by atoms with E-state index >= 15 is 0 Å². The third-order valence-electron chi connectivity index (χ3n) is 3.73. The molecule has 3 N–H and O–H groups in total. The maximum atomic E-state index is 12.4. The number of nitrogens with zero attached hydrogens (tertiary/aromatic N) is 3. The van der Waals surface area contributed by atoms with Crippen molar-refractivity contribution in [1.82, 2.24) is 19.7 Å². The largest absolute Gasteiger partial charge is 0.399 e. The molecule has 1 unspecified atom stereocenters. The number of hydrogen-bond donors (Lipinski definition) is 2. The summed E-state index contributed by atoms with van der Waals surface area (Å²) in [7, 11) is -2.09. The molecule has 1 atom stereocenters. The summed E-state index contributed by atoms with van der Waals surface area (Å²) in [6.45, 7) is 0. The fraction of sp³-hybridized carbons (Fsp3) is 0.385. The number of benzene rings is 1. The van der Waals surface area contributed by atoms with E-state index in [0.29, 0.717) is 5.69 Å². The van der Waals surface area contributed by atoms with Gasteiger partial charge in [0.25, 0.3) is 10.0 Å². The number of aromatic nitrogens is 3. The van der Waals surface area contributed by atoms with Crippen molar-refractivity contribution in [2.75, 3.05) is 5.73 Å². The van der Waals surface area contributed by atoms with E-state index in [4.69, 9.17) is 5.73 Å². The zero-order valence-electron chi connectivity index (χ0n) is 12.1. The van der Waals surface area contributed by atoms with Gasteiger partial charge in [-0.3, -0.25) is 0 Å². The van der Waals surface area contributed by atoms with Gasteiger partial charge in [0.05, 0.1) is 6.20 Å². The van der Waals surface area contributed by atoms with Gasteiger partial charge in [-0.2, -0.15) is 0 Å². The van der Waals surface area contributed by atoms with Crippen molar-refractivity contribution in [2.45, 2.75) is 30.3 Å². The van der Waals surface area contributed by atoms with E-state index in [2.05, 4.69) is 15.0 Å². The van der Waals surface area contributed by atoms with E-state index in [1.165, 1.54) is 10.9 Å². The minimum Gasteiger partial charge on any atom is -0.399 e. The summed E-state index contributed by atoms with van der Waals surface area (Å²) in [6, 6.07) is 5.38. The number of sulfonamides is 1. The Morgan fingerprint density at radius 3 is 2.86 bits per heavy atom. The quantitative estimate of drug-likeness (QED) is 0.814. The minimum absolute atomic E-state index is 0. The first-order valence-corrected chi connectivity index (χ1v) is 8.21. The lowest BCUT2D eigenvalue weighted by molar-refractivity contribution is 0.500. The van der Waals surface area contributed by atoms with Gasteiger partial charge in [0.15, 0.2) is 5.03 Å². The van der Waals surface area contributed by atoms with Crippen LogP contribution in [-0.4, -0.2) is 23.4 Å². The Kier molecular flexibility index (Phi) is 4.74. The van der Waals surface area contributed by atoms with Crippen molar-refractivity contribution >= 4 is 28.1 Å². The van der Waals surface area contributed by atoms with E-state index < -0.39 is 10.0 Å². The Morgan fingerprint density at radius 2 is 2.18 bits per heavy atom. The zero-order valence-corrected chi connectivity index (χ0v) is 13.7. The molecular formula is C13H18ClN5O2S. The number of nitrogen functional groups attached to an aromatic ring is 1. The van der Waals surface area contributed by atoms with Crippen molar-refractivity contribution in [3.05, 3.63) is 35.5 Å². The third kappa shape index (κ3) is 3.08. The number of aryl methyl sites for hydroxylation is 2. The van der Waals surface area contributed by atoms with Crippen LogP contribution in [0.1, 0.15) is 30.0 Å². The minimum atomic E-state index is -3.64. The topological polar surface area (TPSA) is 103 Å². The summed E-state index contributed by atoms with van der Waals surface area (Å²) in [5, 5.41) is 7.34. The van der Waals surface area contributed by atoms with Gasteiger partial charge in [0, 0.05) is 18.8 Å². The van der Waals surface area contributed by atoms with E-state index in [9.17, 15) is 8.42 Å². The SMILES string of the molecule is Cl.Cn1nncc1S(=O)(=O)NC1CCCc2cc(N)ccc21. The molecule has 3 rings (SSSR count). The summed E-state index contributed by atoms with van der Waals surface area (Å²) >= 11 is 0. The summed E-state index contributed by atoms with van der Waals surface area (Å²) in [5.41, 5.74) is 8.60. The first-order valence-electron chi connectivity index (χ1n) is 6.73. The second-order valence-electron chi connectivity index (χ2n) is 5.22. The van der Waals surface area contributed by atoms with Gasteiger partial charge >= 0.3 is 0 Å². The normalized spacial score (nSPS) is 17.6. The molecule has 0 spiro atoms. The fourth-order valence-electron chi connectivity index (χ4n) is 2.73. The van der Waals surface area contributed by atoms with Crippen LogP contribution in [0.5, 0.6) is 0 Å². The molecule has 1 heterocycles. The van der Waals surface area contributed by atoms with Gasteiger partial charge in [-0.1, -0.05) is 11.3 Å². The maximum absolute atomic E-state index is 12.4. The second kappa shape index (κ2) is 6.23. The van der Waals surface area contributed by atoms with Crippen LogP contribution < -0.4 is 10.5 Å². The van der Waals surface area contributed by atoms with Crippen molar-refractivity contribution in [3.8, 4) is 0 Å². The number of nitrogens with one attached hydrogen (secondary N) is 1. The van der Waals surface area contributed by atoms with E-state index in [1.807, 2.05) is 12.1 Å².